The molecule has 9 heteroatoms. The normalized spacial score (nSPS) is 14.7. The van der Waals surface area contributed by atoms with Crippen LogP contribution in [0.25, 0.3) is 0 Å². The minimum absolute atomic E-state index is 0.0795. The van der Waals surface area contributed by atoms with Gasteiger partial charge in [-0.05, 0) is 50.4 Å². The number of likely N-dealkylation sites (N-methyl/N-ethyl adjacent to an activating group) is 1. The number of halogens is 3. The number of benzene rings is 2. The third-order valence-electron chi connectivity index (χ3n) is 4.77. The Balaban J connectivity index is 1.83. The van der Waals surface area contributed by atoms with Crippen molar-refractivity contribution in [2.75, 3.05) is 50.1 Å². The summed E-state index contributed by atoms with van der Waals surface area (Å²) in [4.78, 5) is 17.3. The molecule has 2 aromatic carbocycles. The molecule has 1 saturated heterocycles. The standard InChI is InChI=1S/C21H24ClF2N3O3/c1-3-29-19-12-14(4-7-18(19)30-21(23)24)20(28)25-16-13-15(22)5-6-17(16)27-10-8-26(2)9-11-27/h4-7,12-13,21H,3,8-11H2,1-2H3,(H,25,28). The number of carbonyl (C=O) groups is 1. The second kappa shape index (κ2) is 9.95. The first-order chi connectivity index (χ1) is 14.4. The predicted octanol–water partition coefficient (Wildman–Crippen LogP) is 4.34. The molecule has 0 atom stereocenters. The molecule has 0 unspecified atom stereocenters. The van der Waals surface area contributed by atoms with Gasteiger partial charge in [0.15, 0.2) is 11.5 Å². The van der Waals surface area contributed by atoms with Gasteiger partial charge in [0.1, 0.15) is 0 Å². The molecule has 1 aliphatic rings. The van der Waals surface area contributed by atoms with E-state index < -0.39 is 12.5 Å². The lowest BCUT2D eigenvalue weighted by atomic mass is 10.1. The molecule has 30 heavy (non-hydrogen) atoms. The molecule has 1 aliphatic heterocycles. The summed E-state index contributed by atoms with van der Waals surface area (Å²) in [5.74, 6) is -0.447. The Morgan fingerprint density at radius 2 is 1.87 bits per heavy atom. The average Bonchev–Trinajstić information content (AvgIpc) is 2.70. The molecule has 162 valence electrons. The van der Waals surface area contributed by atoms with Crippen LogP contribution in [0.3, 0.4) is 0 Å². The number of anilines is 2. The van der Waals surface area contributed by atoms with Gasteiger partial charge in [0, 0.05) is 36.8 Å². The van der Waals surface area contributed by atoms with Gasteiger partial charge in [-0.3, -0.25) is 4.79 Å². The highest BCUT2D eigenvalue weighted by Gasteiger charge is 2.20. The second-order valence-corrected chi connectivity index (χ2v) is 7.32. The third kappa shape index (κ3) is 5.52. The smallest absolute Gasteiger partial charge is 0.387 e. The fraction of sp³-hybridized carbons (Fsp3) is 0.381. The van der Waals surface area contributed by atoms with E-state index in [1.165, 1.54) is 18.2 Å². The van der Waals surface area contributed by atoms with Gasteiger partial charge >= 0.3 is 6.61 Å². The maximum atomic E-state index is 12.9. The van der Waals surface area contributed by atoms with Crippen LogP contribution >= 0.6 is 11.6 Å². The lowest BCUT2D eigenvalue weighted by Gasteiger charge is -2.35. The molecule has 0 spiro atoms. The Kier molecular flexibility index (Phi) is 7.33. The summed E-state index contributed by atoms with van der Waals surface area (Å²) in [5.41, 5.74) is 1.72. The highest BCUT2D eigenvalue weighted by Crippen LogP contribution is 2.32. The van der Waals surface area contributed by atoms with E-state index in [1.807, 2.05) is 6.07 Å². The van der Waals surface area contributed by atoms with Gasteiger partial charge in [-0.25, -0.2) is 0 Å². The molecule has 1 fully saturated rings. The minimum Gasteiger partial charge on any atom is -0.490 e. The van der Waals surface area contributed by atoms with Gasteiger partial charge in [0.2, 0.25) is 0 Å². The van der Waals surface area contributed by atoms with Crippen molar-refractivity contribution in [3.05, 3.63) is 47.0 Å². The van der Waals surface area contributed by atoms with E-state index in [-0.39, 0.29) is 23.7 Å². The molecule has 2 aromatic rings. The Morgan fingerprint density at radius 3 is 2.53 bits per heavy atom. The van der Waals surface area contributed by atoms with E-state index >= 15 is 0 Å². The number of nitrogens with one attached hydrogen (secondary N) is 1. The number of nitrogens with zero attached hydrogens (tertiary/aromatic N) is 2. The van der Waals surface area contributed by atoms with Gasteiger partial charge in [0.25, 0.3) is 5.91 Å². The zero-order valence-corrected chi connectivity index (χ0v) is 17.6. The van der Waals surface area contributed by atoms with E-state index in [0.29, 0.717) is 10.7 Å². The van der Waals surface area contributed by atoms with Gasteiger partial charge in [0.05, 0.1) is 18.0 Å². The number of rotatable bonds is 7. The average molecular weight is 440 g/mol. The first-order valence-electron chi connectivity index (χ1n) is 9.63. The summed E-state index contributed by atoms with van der Waals surface area (Å²) < 4.78 is 35.0. The summed E-state index contributed by atoms with van der Waals surface area (Å²) in [6, 6.07) is 9.46. The quantitative estimate of drug-likeness (QED) is 0.695. The molecule has 0 radical (unpaired) electrons. The van der Waals surface area contributed by atoms with Gasteiger partial charge in [-0.1, -0.05) is 11.6 Å². The first kappa shape index (κ1) is 22.1. The Morgan fingerprint density at radius 1 is 1.13 bits per heavy atom. The van der Waals surface area contributed by atoms with Crippen molar-refractivity contribution in [3.63, 3.8) is 0 Å². The lowest BCUT2D eigenvalue weighted by Crippen LogP contribution is -2.44. The topological polar surface area (TPSA) is 54.0 Å². The fourth-order valence-corrected chi connectivity index (χ4v) is 3.41. The van der Waals surface area contributed by atoms with Crippen LogP contribution in [0.15, 0.2) is 36.4 Å². The molecule has 3 rings (SSSR count). The molecule has 0 aliphatic carbocycles. The summed E-state index contributed by atoms with van der Waals surface area (Å²) in [6.07, 6.45) is 0. The minimum atomic E-state index is -2.98. The van der Waals surface area contributed by atoms with Crippen LogP contribution in [-0.4, -0.2) is 57.3 Å². The van der Waals surface area contributed by atoms with Crippen LogP contribution in [0.2, 0.25) is 5.02 Å². The molecular weight excluding hydrogens is 416 g/mol. The maximum Gasteiger partial charge on any atom is 0.387 e. The van der Waals surface area contributed by atoms with Crippen molar-refractivity contribution in [1.29, 1.82) is 0 Å². The van der Waals surface area contributed by atoms with Gasteiger partial charge < -0.3 is 24.6 Å². The molecule has 0 aromatic heterocycles. The third-order valence-corrected chi connectivity index (χ3v) is 5.01. The first-order valence-corrected chi connectivity index (χ1v) is 10.0. The van der Waals surface area contributed by atoms with Crippen molar-refractivity contribution < 1.29 is 23.0 Å². The fourth-order valence-electron chi connectivity index (χ4n) is 3.24. The summed E-state index contributed by atoms with van der Waals surface area (Å²) in [7, 11) is 2.07. The van der Waals surface area contributed by atoms with Gasteiger partial charge in [-0.15, -0.1) is 0 Å². The highest BCUT2D eigenvalue weighted by atomic mass is 35.5. The van der Waals surface area contributed by atoms with Crippen molar-refractivity contribution in [2.45, 2.75) is 13.5 Å². The highest BCUT2D eigenvalue weighted by molar-refractivity contribution is 6.31. The molecule has 0 saturated carbocycles. The number of alkyl halides is 2. The zero-order chi connectivity index (χ0) is 21.7. The van der Waals surface area contributed by atoms with Crippen LogP contribution < -0.4 is 19.7 Å². The predicted molar refractivity (Wildman–Crippen MR) is 113 cm³/mol. The Bertz CT molecular complexity index is 890. The van der Waals surface area contributed by atoms with E-state index in [2.05, 4.69) is 26.9 Å². The van der Waals surface area contributed by atoms with Crippen molar-refractivity contribution >= 4 is 28.9 Å². The number of carbonyl (C=O) groups excluding carboxylic acids is 1. The van der Waals surface area contributed by atoms with E-state index in [9.17, 15) is 13.6 Å². The molecule has 1 amide bonds. The Hall–Kier alpha value is -2.58. The van der Waals surface area contributed by atoms with Crippen molar-refractivity contribution in [2.24, 2.45) is 0 Å². The van der Waals surface area contributed by atoms with Crippen LogP contribution in [0.1, 0.15) is 17.3 Å². The zero-order valence-electron chi connectivity index (χ0n) is 16.8. The van der Waals surface area contributed by atoms with Crippen LogP contribution in [-0.2, 0) is 0 Å². The molecule has 0 bridgehead atoms. The lowest BCUT2D eigenvalue weighted by molar-refractivity contribution is -0.0514. The number of ether oxygens (including phenoxy) is 2. The molecule has 1 N–H and O–H groups in total. The van der Waals surface area contributed by atoms with Crippen LogP contribution in [0, 0.1) is 0 Å². The van der Waals surface area contributed by atoms with E-state index in [0.717, 1.165) is 31.9 Å². The number of hydrogen-bond acceptors (Lipinski definition) is 5. The van der Waals surface area contributed by atoms with Crippen molar-refractivity contribution in [1.82, 2.24) is 4.90 Å². The summed E-state index contributed by atoms with van der Waals surface area (Å²) in [5, 5.41) is 3.38. The summed E-state index contributed by atoms with van der Waals surface area (Å²) in [6.45, 7) is 2.46. The van der Waals surface area contributed by atoms with Crippen molar-refractivity contribution in [3.8, 4) is 11.5 Å². The number of hydrogen-bond donors (Lipinski definition) is 1. The van der Waals surface area contributed by atoms with Gasteiger partial charge in [-0.2, -0.15) is 8.78 Å². The largest absolute Gasteiger partial charge is 0.490 e. The molecule has 6 nitrogen and oxygen atoms in total. The SMILES string of the molecule is CCOc1cc(C(=O)Nc2cc(Cl)ccc2N2CCN(C)CC2)ccc1OC(F)F. The Labute approximate surface area is 179 Å². The monoisotopic (exact) mass is 439 g/mol. The van der Waals surface area contributed by atoms with E-state index in [4.69, 9.17) is 16.3 Å². The van der Waals surface area contributed by atoms with Crippen LogP contribution in [0.4, 0.5) is 20.2 Å². The molecular formula is C21H24ClF2N3O3. The number of piperazine rings is 1. The molecule has 1 heterocycles. The van der Waals surface area contributed by atoms with Crippen LogP contribution in [0.5, 0.6) is 11.5 Å². The van der Waals surface area contributed by atoms with E-state index in [1.54, 1.807) is 19.1 Å². The second-order valence-electron chi connectivity index (χ2n) is 6.88. The maximum absolute atomic E-state index is 12.9. The summed E-state index contributed by atoms with van der Waals surface area (Å²) >= 11 is 6.16. The number of amides is 1.